The largest absolute Gasteiger partial charge is 0.478 e. The van der Waals surface area contributed by atoms with Crippen molar-refractivity contribution >= 4 is 5.69 Å². The van der Waals surface area contributed by atoms with Crippen molar-refractivity contribution < 1.29 is 9.47 Å². The minimum absolute atomic E-state index is 0.511. The number of nitrogens with two attached hydrogens (primary N) is 1. The summed E-state index contributed by atoms with van der Waals surface area (Å²) in [7, 11) is 2.18. The maximum atomic E-state index is 5.89. The number of hydrogen-bond donors (Lipinski definition) is 1. The molecule has 116 valence electrons. The van der Waals surface area contributed by atoms with E-state index in [-0.39, 0.29) is 0 Å². The molecule has 0 radical (unpaired) electrons. The van der Waals surface area contributed by atoms with Gasteiger partial charge < -0.3 is 20.1 Å². The smallest absolute Gasteiger partial charge is 0.240 e. The molecule has 5 nitrogen and oxygen atoms in total. The van der Waals surface area contributed by atoms with Crippen LogP contribution >= 0.6 is 0 Å². The van der Waals surface area contributed by atoms with Crippen molar-refractivity contribution in [2.75, 3.05) is 32.5 Å². The summed E-state index contributed by atoms with van der Waals surface area (Å²) in [5, 5.41) is 0. The molecule has 2 aliphatic rings. The SMILES string of the molecule is CN1CCCC1CCOc1ccc(N)c(OCC2CC2)n1. The van der Waals surface area contributed by atoms with Crippen LogP contribution in [0.2, 0.25) is 0 Å². The highest BCUT2D eigenvalue weighted by Gasteiger charge is 2.23. The molecule has 1 unspecified atom stereocenters. The molecule has 0 spiro atoms. The Morgan fingerprint density at radius 1 is 1.29 bits per heavy atom. The zero-order chi connectivity index (χ0) is 14.7. The zero-order valence-electron chi connectivity index (χ0n) is 12.8. The van der Waals surface area contributed by atoms with E-state index < -0.39 is 0 Å². The van der Waals surface area contributed by atoms with E-state index in [1.165, 1.54) is 32.2 Å². The van der Waals surface area contributed by atoms with Gasteiger partial charge >= 0.3 is 0 Å². The lowest BCUT2D eigenvalue weighted by atomic mass is 10.1. The quantitative estimate of drug-likeness (QED) is 0.835. The zero-order valence-corrected chi connectivity index (χ0v) is 12.8. The summed E-state index contributed by atoms with van der Waals surface area (Å²) in [4.78, 5) is 6.78. The summed E-state index contributed by atoms with van der Waals surface area (Å²) in [6.07, 6.45) is 6.11. The molecule has 3 rings (SSSR count). The molecule has 1 aromatic rings. The molecule has 2 N–H and O–H groups in total. The number of ether oxygens (including phenoxy) is 2. The Kier molecular flexibility index (Phi) is 4.48. The highest BCUT2D eigenvalue weighted by molar-refractivity contribution is 5.49. The van der Waals surface area contributed by atoms with E-state index in [0.29, 0.717) is 42.6 Å². The summed E-state index contributed by atoms with van der Waals surface area (Å²) in [5.74, 6) is 1.81. The van der Waals surface area contributed by atoms with Gasteiger partial charge in [-0.25, -0.2) is 0 Å². The number of anilines is 1. The fraction of sp³-hybridized carbons (Fsp3) is 0.688. The average Bonchev–Trinajstić information content (AvgIpc) is 3.22. The third-order valence-electron chi connectivity index (χ3n) is 4.39. The summed E-state index contributed by atoms with van der Waals surface area (Å²) in [6, 6.07) is 4.27. The van der Waals surface area contributed by atoms with Crippen LogP contribution in [0.15, 0.2) is 12.1 Å². The van der Waals surface area contributed by atoms with Gasteiger partial charge in [0.25, 0.3) is 0 Å². The van der Waals surface area contributed by atoms with Gasteiger partial charge in [0.15, 0.2) is 0 Å². The Morgan fingerprint density at radius 3 is 2.86 bits per heavy atom. The van der Waals surface area contributed by atoms with Crippen molar-refractivity contribution in [3.05, 3.63) is 12.1 Å². The van der Waals surface area contributed by atoms with Crippen LogP contribution in [0.1, 0.15) is 32.1 Å². The Hall–Kier alpha value is -1.49. The van der Waals surface area contributed by atoms with Gasteiger partial charge in [-0.05, 0) is 57.7 Å². The second-order valence-corrected chi connectivity index (χ2v) is 6.21. The molecule has 0 aromatic carbocycles. The van der Waals surface area contributed by atoms with Crippen molar-refractivity contribution in [3.63, 3.8) is 0 Å². The molecule has 2 heterocycles. The van der Waals surface area contributed by atoms with Crippen LogP contribution < -0.4 is 15.2 Å². The highest BCUT2D eigenvalue weighted by atomic mass is 16.5. The minimum atomic E-state index is 0.511. The van der Waals surface area contributed by atoms with Crippen LogP contribution in [0.3, 0.4) is 0 Å². The second-order valence-electron chi connectivity index (χ2n) is 6.21. The first-order valence-corrected chi connectivity index (χ1v) is 7.95. The molecule has 1 aromatic heterocycles. The van der Waals surface area contributed by atoms with Crippen LogP contribution in [0, 0.1) is 5.92 Å². The van der Waals surface area contributed by atoms with E-state index in [9.17, 15) is 0 Å². The van der Waals surface area contributed by atoms with E-state index in [2.05, 4.69) is 16.9 Å². The average molecular weight is 291 g/mol. The predicted molar refractivity (Wildman–Crippen MR) is 82.6 cm³/mol. The molecule has 1 saturated carbocycles. The lowest BCUT2D eigenvalue weighted by Crippen LogP contribution is -2.26. The fourth-order valence-corrected chi connectivity index (χ4v) is 2.76. The Morgan fingerprint density at radius 2 is 2.14 bits per heavy atom. The molecule has 1 atom stereocenters. The van der Waals surface area contributed by atoms with Gasteiger partial charge in [-0.1, -0.05) is 0 Å². The van der Waals surface area contributed by atoms with Crippen LogP contribution in [0.4, 0.5) is 5.69 Å². The van der Waals surface area contributed by atoms with Crippen molar-refractivity contribution in [2.45, 2.75) is 38.1 Å². The van der Waals surface area contributed by atoms with E-state index in [1.807, 2.05) is 12.1 Å². The second kappa shape index (κ2) is 6.52. The van der Waals surface area contributed by atoms with Gasteiger partial charge in [0.1, 0.15) is 0 Å². The van der Waals surface area contributed by atoms with Crippen molar-refractivity contribution in [2.24, 2.45) is 5.92 Å². The monoisotopic (exact) mass is 291 g/mol. The third-order valence-corrected chi connectivity index (χ3v) is 4.39. The standard InChI is InChI=1S/C16H25N3O2/c1-19-9-2-3-13(19)8-10-20-15-7-6-14(17)16(18-15)21-11-12-4-5-12/h6-7,12-13H,2-5,8-11,17H2,1H3. The number of aromatic nitrogens is 1. The Labute approximate surface area is 126 Å². The summed E-state index contributed by atoms with van der Waals surface area (Å²) in [6.45, 7) is 2.60. The van der Waals surface area contributed by atoms with Crippen LogP contribution in [0.25, 0.3) is 0 Å². The van der Waals surface area contributed by atoms with E-state index in [4.69, 9.17) is 15.2 Å². The number of rotatable bonds is 7. The first-order chi connectivity index (χ1) is 10.2. The first kappa shape index (κ1) is 14.4. The number of nitrogen functional groups attached to an aromatic ring is 1. The van der Waals surface area contributed by atoms with E-state index in [0.717, 1.165) is 6.42 Å². The molecule has 0 amide bonds. The van der Waals surface area contributed by atoms with Gasteiger partial charge in [-0.15, -0.1) is 0 Å². The van der Waals surface area contributed by atoms with E-state index in [1.54, 1.807) is 0 Å². The molecule has 1 aliphatic carbocycles. The first-order valence-electron chi connectivity index (χ1n) is 7.95. The van der Waals surface area contributed by atoms with Gasteiger partial charge in [-0.2, -0.15) is 4.98 Å². The number of nitrogens with zero attached hydrogens (tertiary/aromatic N) is 2. The topological polar surface area (TPSA) is 60.6 Å². The molecule has 1 aliphatic heterocycles. The third kappa shape index (κ3) is 4.00. The molecular formula is C16H25N3O2. The summed E-state index contributed by atoms with van der Waals surface area (Å²) < 4.78 is 11.4. The van der Waals surface area contributed by atoms with Gasteiger partial charge in [0.2, 0.25) is 11.8 Å². The van der Waals surface area contributed by atoms with Crippen LogP contribution in [0.5, 0.6) is 11.8 Å². The Bertz CT molecular complexity index is 477. The number of hydrogen-bond acceptors (Lipinski definition) is 5. The van der Waals surface area contributed by atoms with Crippen molar-refractivity contribution in [3.8, 4) is 11.8 Å². The molecular weight excluding hydrogens is 266 g/mol. The maximum absolute atomic E-state index is 5.89. The number of pyridine rings is 1. The van der Waals surface area contributed by atoms with Gasteiger partial charge in [0, 0.05) is 12.1 Å². The lowest BCUT2D eigenvalue weighted by molar-refractivity contribution is 0.225. The van der Waals surface area contributed by atoms with E-state index >= 15 is 0 Å². The van der Waals surface area contributed by atoms with Crippen molar-refractivity contribution in [1.29, 1.82) is 0 Å². The van der Waals surface area contributed by atoms with Crippen LogP contribution in [-0.2, 0) is 0 Å². The number of likely N-dealkylation sites (tertiary alicyclic amines) is 1. The fourth-order valence-electron chi connectivity index (χ4n) is 2.76. The lowest BCUT2D eigenvalue weighted by Gasteiger charge is -2.19. The maximum Gasteiger partial charge on any atom is 0.240 e. The molecule has 2 fully saturated rings. The summed E-state index contributed by atoms with van der Waals surface area (Å²) in [5.41, 5.74) is 6.47. The molecule has 0 bridgehead atoms. The van der Waals surface area contributed by atoms with Crippen LogP contribution in [-0.4, -0.2) is 42.7 Å². The van der Waals surface area contributed by atoms with Gasteiger partial charge in [-0.3, -0.25) is 0 Å². The molecule has 1 saturated heterocycles. The molecule has 5 heteroatoms. The predicted octanol–water partition coefficient (Wildman–Crippen LogP) is 2.32. The highest BCUT2D eigenvalue weighted by Crippen LogP contribution is 2.31. The van der Waals surface area contributed by atoms with Crippen molar-refractivity contribution in [1.82, 2.24) is 9.88 Å². The van der Waals surface area contributed by atoms with Gasteiger partial charge in [0.05, 0.1) is 18.9 Å². The summed E-state index contributed by atoms with van der Waals surface area (Å²) >= 11 is 0. The minimum Gasteiger partial charge on any atom is -0.478 e. The Balaban J connectivity index is 1.48. The molecule has 21 heavy (non-hydrogen) atoms. The normalized spacial score (nSPS) is 22.4.